The van der Waals surface area contributed by atoms with Crippen molar-refractivity contribution in [3.05, 3.63) is 157 Å². The molecule has 0 saturated heterocycles. The second kappa shape index (κ2) is 9.62. The Hall–Kier alpha value is -5.80. The second-order valence-corrected chi connectivity index (χ2v) is 11.5. The maximum atomic E-state index is 6.45. The van der Waals surface area contributed by atoms with Crippen LogP contribution in [0.3, 0.4) is 0 Å². The lowest BCUT2D eigenvalue weighted by Gasteiger charge is -2.29. The summed E-state index contributed by atoms with van der Waals surface area (Å²) >= 11 is 0. The molecule has 0 N–H and O–H groups in total. The lowest BCUT2D eigenvalue weighted by Crippen LogP contribution is -2.11. The highest BCUT2D eigenvalue weighted by Gasteiger charge is 2.24. The van der Waals surface area contributed by atoms with E-state index in [1.54, 1.807) is 0 Å². The van der Waals surface area contributed by atoms with Crippen LogP contribution in [-0.4, -0.2) is 4.57 Å². The minimum Gasteiger partial charge on any atom is -0.456 e. The van der Waals surface area contributed by atoms with Gasteiger partial charge in [-0.1, -0.05) is 96.6 Å². The third-order valence-electron chi connectivity index (χ3n) is 8.84. The van der Waals surface area contributed by atoms with Crippen LogP contribution < -0.4 is 9.64 Å². The van der Waals surface area contributed by atoms with Gasteiger partial charge in [-0.25, -0.2) is 0 Å². The van der Waals surface area contributed by atoms with Gasteiger partial charge >= 0.3 is 0 Å². The molecule has 9 rings (SSSR count). The Morgan fingerprint density at radius 2 is 1.20 bits per heavy atom. The molecule has 3 nitrogen and oxygen atoms in total. The molecule has 2 heterocycles. The standard InChI is InChI=1S/C41H28N2O/c1-27-18-20-29(21-19-27)42(37-25-24-34-33-13-6-8-16-39(33)44-40-17-9-14-35(37)41(34)40)30-22-23-32-31-12-5-7-15-36(31)43(38(32)26-30)28-10-3-2-4-11-28/h2-26H,1H3. The van der Waals surface area contributed by atoms with E-state index in [9.17, 15) is 0 Å². The van der Waals surface area contributed by atoms with Crippen LogP contribution in [0.5, 0.6) is 11.5 Å². The summed E-state index contributed by atoms with van der Waals surface area (Å²) < 4.78 is 8.82. The molecule has 0 unspecified atom stereocenters. The monoisotopic (exact) mass is 564 g/mol. The van der Waals surface area contributed by atoms with Crippen molar-refractivity contribution < 1.29 is 4.74 Å². The molecule has 1 aliphatic rings. The first-order valence-corrected chi connectivity index (χ1v) is 15.0. The van der Waals surface area contributed by atoms with E-state index in [0.29, 0.717) is 0 Å². The van der Waals surface area contributed by atoms with E-state index < -0.39 is 0 Å². The molecule has 0 spiro atoms. The average molecular weight is 565 g/mol. The number of benzene rings is 7. The molecule has 44 heavy (non-hydrogen) atoms. The minimum atomic E-state index is 0.890. The van der Waals surface area contributed by atoms with Crippen molar-refractivity contribution in [1.29, 1.82) is 0 Å². The highest BCUT2D eigenvalue weighted by atomic mass is 16.5. The van der Waals surface area contributed by atoms with Gasteiger partial charge in [-0.3, -0.25) is 0 Å². The maximum Gasteiger partial charge on any atom is 0.135 e. The summed E-state index contributed by atoms with van der Waals surface area (Å²) in [4.78, 5) is 2.38. The van der Waals surface area contributed by atoms with E-state index in [1.807, 2.05) is 12.1 Å². The van der Waals surface area contributed by atoms with E-state index in [1.165, 1.54) is 32.9 Å². The van der Waals surface area contributed by atoms with E-state index in [2.05, 4.69) is 156 Å². The molecule has 0 aliphatic carbocycles. The van der Waals surface area contributed by atoms with Crippen molar-refractivity contribution >= 4 is 49.6 Å². The summed E-state index contributed by atoms with van der Waals surface area (Å²) in [5.41, 5.74) is 10.4. The number of aryl methyl sites for hydroxylation is 1. The molecule has 1 aromatic heterocycles. The summed E-state index contributed by atoms with van der Waals surface area (Å²) in [6.07, 6.45) is 0. The fourth-order valence-corrected chi connectivity index (χ4v) is 6.83. The summed E-state index contributed by atoms with van der Waals surface area (Å²) in [5, 5.41) is 4.77. The first kappa shape index (κ1) is 24.8. The van der Waals surface area contributed by atoms with Crippen LogP contribution in [0.4, 0.5) is 17.1 Å². The quantitative estimate of drug-likeness (QED) is 0.211. The molecule has 3 heteroatoms. The van der Waals surface area contributed by atoms with Gasteiger partial charge in [0.2, 0.25) is 0 Å². The number of hydrogen-bond donors (Lipinski definition) is 0. The minimum absolute atomic E-state index is 0.890. The molecular weight excluding hydrogens is 536 g/mol. The van der Waals surface area contributed by atoms with Crippen LogP contribution in [-0.2, 0) is 0 Å². The fraction of sp³-hybridized carbons (Fsp3) is 0.0244. The van der Waals surface area contributed by atoms with Gasteiger partial charge in [0.05, 0.1) is 16.7 Å². The van der Waals surface area contributed by atoms with Gasteiger partial charge < -0.3 is 14.2 Å². The van der Waals surface area contributed by atoms with Crippen LogP contribution in [0.1, 0.15) is 5.56 Å². The predicted molar refractivity (Wildman–Crippen MR) is 183 cm³/mol. The van der Waals surface area contributed by atoms with Crippen molar-refractivity contribution in [2.24, 2.45) is 0 Å². The van der Waals surface area contributed by atoms with Gasteiger partial charge in [0.15, 0.2) is 0 Å². The normalized spacial score (nSPS) is 11.9. The molecule has 0 fully saturated rings. The SMILES string of the molecule is Cc1ccc(N(c2ccc3c4ccccc4n(-c4ccccc4)c3c2)c2ccc3c4c(cccc24)Oc2ccccc2-3)cc1. The number of hydrogen-bond acceptors (Lipinski definition) is 2. The molecule has 1 aliphatic heterocycles. The van der Waals surface area contributed by atoms with Crippen LogP contribution in [0.2, 0.25) is 0 Å². The molecule has 0 saturated carbocycles. The summed E-state index contributed by atoms with van der Waals surface area (Å²) in [6, 6.07) is 54.2. The largest absolute Gasteiger partial charge is 0.456 e. The third-order valence-corrected chi connectivity index (χ3v) is 8.84. The van der Waals surface area contributed by atoms with Gasteiger partial charge in [0.1, 0.15) is 11.5 Å². The van der Waals surface area contributed by atoms with Crippen LogP contribution >= 0.6 is 0 Å². The zero-order valence-corrected chi connectivity index (χ0v) is 24.2. The molecule has 208 valence electrons. The van der Waals surface area contributed by atoms with E-state index >= 15 is 0 Å². The maximum absolute atomic E-state index is 6.45. The van der Waals surface area contributed by atoms with Crippen LogP contribution in [0.25, 0.3) is 49.4 Å². The van der Waals surface area contributed by atoms with E-state index in [-0.39, 0.29) is 0 Å². The first-order valence-electron chi connectivity index (χ1n) is 15.0. The van der Waals surface area contributed by atoms with Gasteiger partial charge in [-0.2, -0.15) is 0 Å². The molecule has 8 aromatic rings. The summed E-state index contributed by atoms with van der Waals surface area (Å²) in [7, 11) is 0. The van der Waals surface area contributed by atoms with Crippen molar-refractivity contribution in [3.8, 4) is 28.3 Å². The number of ether oxygens (including phenoxy) is 1. The molecule has 0 radical (unpaired) electrons. The molecule has 0 atom stereocenters. The van der Waals surface area contributed by atoms with Gasteiger partial charge in [0, 0.05) is 44.2 Å². The zero-order chi connectivity index (χ0) is 29.2. The van der Waals surface area contributed by atoms with Crippen molar-refractivity contribution in [2.45, 2.75) is 6.92 Å². The predicted octanol–water partition coefficient (Wildman–Crippen LogP) is 11.5. The average Bonchev–Trinajstić information content (AvgIpc) is 3.41. The Labute approximate surface area is 255 Å². The number of nitrogens with zero attached hydrogens (tertiary/aromatic N) is 2. The highest BCUT2D eigenvalue weighted by Crippen LogP contribution is 2.50. The Morgan fingerprint density at radius 1 is 0.500 bits per heavy atom. The fourth-order valence-electron chi connectivity index (χ4n) is 6.83. The number of aromatic nitrogens is 1. The van der Waals surface area contributed by atoms with E-state index in [0.717, 1.165) is 50.6 Å². The number of para-hydroxylation sites is 3. The van der Waals surface area contributed by atoms with Crippen LogP contribution in [0.15, 0.2) is 152 Å². The Morgan fingerprint density at radius 3 is 2.09 bits per heavy atom. The summed E-state index contributed by atoms with van der Waals surface area (Å²) in [5.74, 6) is 1.79. The lowest BCUT2D eigenvalue weighted by molar-refractivity contribution is 0.487. The van der Waals surface area contributed by atoms with Crippen molar-refractivity contribution in [3.63, 3.8) is 0 Å². The third kappa shape index (κ3) is 3.69. The smallest absolute Gasteiger partial charge is 0.135 e. The van der Waals surface area contributed by atoms with E-state index in [4.69, 9.17) is 4.74 Å². The number of rotatable bonds is 4. The summed E-state index contributed by atoms with van der Waals surface area (Å²) in [6.45, 7) is 2.13. The Balaban J connectivity index is 1.33. The van der Waals surface area contributed by atoms with Gasteiger partial charge in [0.25, 0.3) is 0 Å². The van der Waals surface area contributed by atoms with Crippen molar-refractivity contribution in [1.82, 2.24) is 4.57 Å². The lowest BCUT2D eigenvalue weighted by atomic mass is 9.93. The number of fused-ring (bicyclic) bond motifs is 5. The topological polar surface area (TPSA) is 17.4 Å². The first-order chi connectivity index (χ1) is 21.7. The van der Waals surface area contributed by atoms with Crippen LogP contribution in [0, 0.1) is 6.92 Å². The molecular formula is C41H28N2O. The van der Waals surface area contributed by atoms with Gasteiger partial charge in [-0.05, 0) is 73.2 Å². The molecule has 0 amide bonds. The Bertz CT molecular complexity index is 2370. The van der Waals surface area contributed by atoms with Crippen molar-refractivity contribution in [2.75, 3.05) is 4.90 Å². The molecule has 7 aromatic carbocycles. The second-order valence-electron chi connectivity index (χ2n) is 11.5. The molecule has 0 bridgehead atoms. The highest BCUT2D eigenvalue weighted by molar-refractivity contribution is 6.13. The van der Waals surface area contributed by atoms with Gasteiger partial charge in [-0.15, -0.1) is 0 Å². The number of anilines is 3. The zero-order valence-electron chi connectivity index (χ0n) is 24.2. The Kier molecular flexibility index (Phi) is 5.41.